The summed E-state index contributed by atoms with van der Waals surface area (Å²) in [7, 11) is 1.10. The van der Waals surface area contributed by atoms with Gasteiger partial charge in [0.1, 0.15) is 12.2 Å². The van der Waals surface area contributed by atoms with Crippen LogP contribution in [0.4, 0.5) is 0 Å². The van der Waals surface area contributed by atoms with Crippen molar-refractivity contribution in [1.29, 1.82) is 0 Å². The lowest BCUT2D eigenvalue weighted by molar-refractivity contribution is -0.169. The van der Waals surface area contributed by atoms with Crippen LogP contribution in [0.5, 0.6) is 5.75 Å². The van der Waals surface area contributed by atoms with Crippen LogP contribution in [0.2, 0.25) is 0 Å². The average Bonchev–Trinajstić information content (AvgIpc) is 2.70. The van der Waals surface area contributed by atoms with E-state index in [1.807, 2.05) is 0 Å². The van der Waals surface area contributed by atoms with Crippen molar-refractivity contribution < 1.29 is 29.3 Å². The Bertz CT molecular complexity index is 956. The molecular formula is C20H18N2O6. The Morgan fingerprint density at radius 2 is 1.75 bits per heavy atom. The van der Waals surface area contributed by atoms with Crippen molar-refractivity contribution in [2.45, 2.75) is 12.1 Å². The zero-order chi connectivity index (χ0) is 20.3. The first kappa shape index (κ1) is 19.1. The van der Waals surface area contributed by atoms with Gasteiger partial charge in [0.15, 0.2) is 0 Å². The number of ketones is 1. The Kier molecular flexibility index (Phi) is 5.14. The first-order chi connectivity index (χ1) is 13.4. The SMILES string of the molecule is COC(=O)CC1(O)C(=O)C=C(c2ccccc2)NN1C(=O)c1ccccc1O. The molecule has 0 spiro atoms. The van der Waals surface area contributed by atoms with Gasteiger partial charge in [0, 0.05) is 6.08 Å². The molecule has 0 saturated carbocycles. The van der Waals surface area contributed by atoms with Gasteiger partial charge < -0.3 is 14.9 Å². The molecule has 0 aliphatic carbocycles. The highest BCUT2D eigenvalue weighted by atomic mass is 16.5. The zero-order valence-electron chi connectivity index (χ0n) is 15.0. The molecule has 3 rings (SSSR count). The number of hydrogen-bond donors (Lipinski definition) is 3. The van der Waals surface area contributed by atoms with Gasteiger partial charge in [0.2, 0.25) is 11.5 Å². The number of nitrogens with one attached hydrogen (secondary N) is 1. The Morgan fingerprint density at radius 1 is 1.11 bits per heavy atom. The predicted octanol–water partition coefficient (Wildman–Crippen LogP) is 1.21. The molecule has 0 fully saturated rings. The Hall–Kier alpha value is -3.65. The summed E-state index contributed by atoms with van der Waals surface area (Å²) in [6.45, 7) is 0. The van der Waals surface area contributed by atoms with Crippen LogP contribution < -0.4 is 5.43 Å². The second-order valence-electron chi connectivity index (χ2n) is 6.13. The molecule has 28 heavy (non-hydrogen) atoms. The number of para-hydroxylation sites is 1. The van der Waals surface area contributed by atoms with Crippen molar-refractivity contribution >= 4 is 23.4 Å². The summed E-state index contributed by atoms with van der Waals surface area (Å²) in [5.41, 5.74) is 0.868. The number of esters is 1. The number of phenolic OH excluding ortho intramolecular Hbond substituents is 1. The summed E-state index contributed by atoms with van der Waals surface area (Å²) < 4.78 is 4.55. The summed E-state index contributed by atoms with van der Waals surface area (Å²) in [5, 5.41) is 21.6. The van der Waals surface area contributed by atoms with Crippen LogP contribution in [0.25, 0.3) is 5.70 Å². The maximum Gasteiger partial charge on any atom is 0.310 e. The van der Waals surface area contributed by atoms with Crippen LogP contribution in [0.1, 0.15) is 22.3 Å². The van der Waals surface area contributed by atoms with Gasteiger partial charge in [-0.3, -0.25) is 19.8 Å². The summed E-state index contributed by atoms with van der Waals surface area (Å²) in [5.74, 6) is -2.99. The lowest BCUT2D eigenvalue weighted by Crippen LogP contribution is -2.65. The largest absolute Gasteiger partial charge is 0.507 e. The van der Waals surface area contributed by atoms with Crippen LogP contribution in [-0.4, -0.2) is 45.7 Å². The van der Waals surface area contributed by atoms with E-state index in [-0.39, 0.29) is 17.0 Å². The smallest absolute Gasteiger partial charge is 0.310 e. The highest BCUT2D eigenvalue weighted by Gasteiger charge is 2.49. The topological polar surface area (TPSA) is 116 Å². The van der Waals surface area contributed by atoms with Crippen molar-refractivity contribution in [2.24, 2.45) is 0 Å². The summed E-state index contributed by atoms with van der Waals surface area (Å²) in [4.78, 5) is 37.6. The maximum absolute atomic E-state index is 13.0. The third-order valence-electron chi connectivity index (χ3n) is 4.31. The van der Waals surface area contributed by atoms with Crippen molar-refractivity contribution in [2.75, 3.05) is 7.11 Å². The fraction of sp³-hybridized carbons (Fsp3) is 0.150. The van der Waals surface area contributed by atoms with E-state index in [0.29, 0.717) is 10.6 Å². The lowest BCUT2D eigenvalue weighted by Gasteiger charge is -2.41. The first-order valence-electron chi connectivity index (χ1n) is 8.37. The summed E-state index contributed by atoms with van der Waals surface area (Å²) in [6.07, 6.45) is 0.333. The number of nitrogens with zero attached hydrogens (tertiary/aromatic N) is 1. The molecule has 1 amide bonds. The third kappa shape index (κ3) is 3.45. The average molecular weight is 382 g/mol. The molecule has 2 aromatic rings. The monoisotopic (exact) mass is 382 g/mol. The Labute approximate surface area is 160 Å². The number of methoxy groups -OCH3 is 1. The van der Waals surface area contributed by atoms with E-state index < -0.39 is 29.8 Å². The van der Waals surface area contributed by atoms with Crippen molar-refractivity contribution in [3.05, 3.63) is 71.8 Å². The standard InChI is InChI=1S/C20H18N2O6/c1-28-18(25)12-20(27)17(24)11-15(13-7-3-2-4-8-13)21-22(20)19(26)14-9-5-6-10-16(14)23/h2-11,21,23,27H,12H2,1H3. The molecule has 8 heteroatoms. The van der Waals surface area contributed by atoms with Gasteiger partial charge in [-0.25, -0.2) is 5.01 Å². The second kappa shape index (κ2) is 7.53. The molecule has 2 aromatic carbocycles. The number of hydrogen-bond acceptors (Lipinski definition) is 7. The van der Waals surface area contributed by atoms with E-state index in [0.717, 1.165) is 13.2 Å². The predicted molar refractivity (Wildman–Crippen MR) is 98.4 cm³/mol. The number of rotatable bonds is 4. The molecule has 144 valence electrons. The molecule has 0 saturated heterocycles. The third-order valence-corrected chi connectivity index (χ3v) is 4.31. The van der Waals surface area contributed by atoms with Crippen LogP contribution in [0.3, 0.4) is 0 Å². The number of phenols is 1. The van der Waals surface area contributed by atoms with E-state index in [1.165, 1.54) is 24.3 Å². The van der Waals surface area contributed by atoms with Gasteiger partial charge >= 0.3 is 5.97 Å². The molecule has 1 aliphatic rings. The lowest BCUT2D eigenvalue weighted by atomic mass is 9.97. The molecule has 3 N–H and O–H groups in total. The van der Waals surface area contributed by atoms with Crippen LogP contribution >= 0.6 is 0 Å². The van der Waals surface area contributed by atoms with Crippen LogP contribution in [0, 0.1) is 0 Å². The number of carbonyl (C=O) groups excluding carboxylic acids is 3. The molecule has 0 aromatic heterocycles. The molecule has 1 unspecified atom stereocenters. The van der Waals surface area contributed by atoms with Crippen molar-refractivity contribution in [3.63, 3.8) is 0 Å². The van der Waals surface area contributed by atoms with Crippen LogP contribution in [0.15, 0.2) is 60.7 Å². The fourth-order valence-corrected chi connectivity index (χ4v) is 2.80. The molecule has 1 aliphatic heterocycles. The van der Waals surface area contributed by atoms with Crippen LogP contribution in [-0.2, 0) is 14.3 Å². The second-order valence-corrected chi connectivity index (χ2v) is 6.13. The maximum atomic E-state index is 13.0. The summed E-state index contributed by atoms with van der Waals surface area (Å²) >= 11 is 0. The minimum Gasteiger partial charge on any atom is -0.507 e. The van der Waals surface area contributed by atoms with Gasteiger partial charge in [-0.05, 0) is 17.7 Å². The first-order valence-corrected chi connectivity index (χ1v) is 8.37. The van der Waals surface area contributed by atoms with Crippen molar-refractivity contribution in [3.8, 4) is 5.75 Å². The highest BCUT2D eigenvalue weighted by Crippen LogP contribution is 2.30. The van der Waals surface area contributed by atoms with Gasteiger partial charge in [0.05, 0.1) is 18.4 Å². The summed E-state index contributed by atoms with van der Waals surface area (Å²) in [6, 6.07) is 14.4. The van der Waals surface area contributed by atoms with E-state index in [2.05, 4.69) is 10.2 Å². The van der Waals surface area contributed by atoms with E-state index in [1.54, 1.807) is 30.3 Å². The number of benzene rings is 2. The van der Waals surface area contributed by atoms with Crippen molar-refractivity contribution in [1.82, 2.24) is 10.4 Å². The number of amides is 1. The number of ether oxygens (including phenoxy) is 1. The number of aliphatic hydroxyl groups is 1. The normalized spacial score (nSPS) is 18.9. The van der Waals surface area contributed by atoms with E-state index in [9.17, 15) is 24.6 Å². The van der Waals surface area contributed by atoms with Gasteiger partial charge in [-0.1, -0.05) is 42.5 Å². The van der Waals surface area contributed by atoms with Gasteiger partial charge in [-0.15, -0.1) is 0 Å². The van der Waals surface area contributed by atoms with Gasteiger partial charge in [0.25, 0.3) is 5.91 Å². The minimum atomic E-state index is -2.52. The molecule has 1 heterocycles. The van der Waals surface area contributed by atoms with E-state index >= 15 is 0 Å². The number of carbonyl (C=O) groups is 3. The Morgan fingerprint density at radius 3 is 2.39 bits per heavy atom. The highest BCUT2D eigenvalue weighted by molar-refractivity contribution is 6.09. The quantitative estimate of drug-likeness (QED) is 0.681. The molecule has 1 atom stereocenters. The zero-order valence-corrected chi connectivity index (χ0v) is 15.0. The Balaban J connectivity index is 2.08. The fourth-order valence-electron chi connectivity index (χ4n) is 2.80. The number of hydrazine groups is 1. The van der Waals surface area contributed by atoms with Gasteiger partial charge in [-0.2, -0.15) is 0 Å². The molecule has 0 bridgehead atoms. The van der Waals surface area contributed by atoms with E-state index in [4.69, 9.17) is 0 Å². The minimum absolute atomic E-state index is 0.152. The molecule has 8 nitrogen and oxygen atoms in total. The number of aromatic hydroxyl groups is 1. The molecule has 0 radical (unpaired) electrons. The molecular weight excluding hydrogens is 364 g/mol.